The van der Waals surface area contributed by atoms with E-state index in [0.717, 1.165) is 15.1 Å². The summed E-state index contributed by atoms with van der Waals surface area (Å²) in [5, 5.41) is 4.63. The molecule has 0 atom stereocenters. The number of nitrogens with one attached hydrogen (secondary N) is 1. The second kappa shape index (κ2) is 7.21. The van der Waals surface area contributed by atoms with Crippen molar-refractivity contribution in [2.75, 3.05) is 16.2 Å². The molecule has 4 aromatic carbocycles. The number of carbonyl (C=O) groups is 1. The molecule has 1 N–H and O–H groups in total. The Hall–Kier alpha value is -3.71. The normalized spacial score (nSPS) is 14.0. The van der Waals surface area contributed by atoms with Crippen LogP contribution in [-0.4, -0.2) is 20.9 Å². The van der Waals surface area contributed by atoms with E-state index in [1.54, 1.807) is 24.3 Å². The minimum absolute atomic E-state index is 0.0473. The topological polar surface area (TPSA) is 66.5 Å². The van der Waals surface area contributed by atoms with Crippen molar-refractivity contribution in [1.82, 2.24) is 0 Å². The fourth-order valence-electron chi connectivity index (χ4n) is 3.93. The molecule has 31 heavy (non-hydrogen) atoms. The number of amides is 1. The maximum atomic E-state index is 14.0. The number of carbonyl (C=O) groups excluding carboxylic acids is 1. The predicted molar refractivity (Wildman–Crippen MR) is 119 cm³/mol. The van der Waals surface area contributed by atoms with Crippen LogP contribution in [0, 0.1) is 5.82 Å². The van der Waals surface area contributed by atoms with Crippen LogP contribution in [0.25, 0.3) is 21.9 Å². The number of rotatable bonds is 3. The van der Waals surface area contributed by atoms with Crippen LogP contribution in [0.4, 0.5) is 15.8 Å². The summed E-state index contributed by atoms with van der Waals surface area (Å²) in [4.78, 5) is 13.0. The van der Waals surface area contributed by atoms with E-state index in [1.807, 2.05) is 36.4 Å². The third kappa shape index (κ3) is 3.23. The Bertz CT molecular complexity index is 1450. The van der Waals surface area contributed by atoms with Gasteiger partial charge >= 0.3 is 0 Å². The number of fused-ring (bicyclic) bond motifs is 4. The van der Waals surface area contributed by atoms with E-state index < -0.39 is 28.3 Å². The number of anilines is 2. The van der Waals surface area contributed by atoms with E-state index in [2.05, 4.69) is 5.32 Å². The summed E-state index contributed by atoms with van der Waals surface area (Å²) in [7, 11) is -3.99. The zero-order valence-electron chi connectivity index (χ0n) is 16.2. The fraction of sp³-hybridized carbons (Fsp3) is 0.0417. The van der Waals surface area contributed by atoms with Gasteiger partial charge in [0, 0.05) is 22.2 Å². The molecular weight excluding hydrogens is 415 g/mol. The molecule has 1 aliphatic rings. The minimum atomic E-state index is -3.99. The van der Waals surface area contributed by atoms with Gasteiger partial charge < -0.3 is 5.32 Å². The first kappa shape index (κ1) is 19.3. The van der Waals surface area contributed by atoms with E-state index in [-0.39, 0.29) is 10.6 Å². The van der Waals surface area contributed by atoms with E-state index >= 15 is 0 Å². The van der Waals surface area contributed by atoms with E-state index in [0.29, 0.717) is 16.8 Å². The highest BCUT2D eigenvalue weighted by Crippen LogP contribution is 2.43. The number of hydrogen-bond donors (Lipinski definition) is 1. The van der Waals surface area contributed by atoms with Gasteiger partial charge in [-0.25, -0.2) is 12.8 Å². The molecule has 1 aliphatic heterocycles. The predicted octanol–water partition coefficient (Wildman–Crippen LogP) is 4.79. The van der Waals surface area contributed by atoms with Crippen molar-refractivity contribution in [3.05, 3.63) is 90.7 Å². The van der Waals surface area contributed by atoms with Crippen molar-refractivity contribution in [2.45, 2.75) is 4.90 Å². The standard InChI is InChI=1S/C24H17FN2O3S/c25-17-12-13-22-20(14-17)19-9-3-4-11-23(19)31(29,30)27(22)15-24(28)26-21-10-5-7-16-6-1-2-8-18(16)21/h1-14H,15H2,(H,26,28). The largest absolute Gasteiger partial charge is 0.324 e. The Labute approximate surface area is 178 Å². The van der Waals surface area contributed by atoms with Gasteiger partial charge in [0.15, 0.2) is 0 Å². The Morgan fingerprint density at radius 3 is 2.48 bits per heavy atom. The third-order valence-corrected chi connectivity index (χ3v) is 7.14. The Morgan fingerprint density at radius 1 is 0.871 bits per heavy atom. The van der Waals surface area contributed by atoms with Crippen LogP contribution < -0.4 is 9.62 Å². The Balaban J connectivity index is 1.54. The average molecular weight is 432 g/mol. The SMILES string of the molecule is O=C(CN1c2ccc(F)cc2-c2ccccc2S1(=O)=O)Nc1cccc2ccccc12. The molecule has 5 nitrogen and oxygen atoms in total. The molecule has 0 saturated heterocycles. The van der Waals surface area contributed by atoms with Gasteiger partial charge in [0.25, 0.3) is 10.0 Å². The first-order valence-corrected chi connectivity index (χ1v) is 11.1. The maximum Gasteiger partial charge on any atom is 0.265 e. The van der Waals surface area contributed by atoms with Crippen LogP contribution in [0.3, 0.4) is 0 Å². The lowest BCUT2D eigenvalue weighted by molar-refractivity contribution is -0.114. The van der Waals surface area contributed by atoms with Gasteiger partial charge in [-0.1, -0.05) is 54.6 Å². The highest BCUT2D eigenvalue weighted by molar-refractivity contribution is 7.93. The number of nitrogens with zero attached hydrogens (tertiary/aromatic N) is 1. The first-order chi connectivity index (χ1) is 14.9. The molecule has 7 heteroatoms. The number of hydrogen-bond acceptors (Lipinski definition) is 3. The lowest BCUT2D eigenvalue weighted by Gasteiger charge is -2.31. The molecule has 0 bridgehead atoms. The summed E-state index contributed by atoms with van der Waals surface area (Å²) in [6, 6.07) is 23.4. The molecule has 154 valence electrons. The van der Waals surface area contributed by atoms with Crippen molar-refractivity contribution < 1.29 is 17.6 Å². The lowest BCUT2D eigenvalue weighted by Crippen LogP contribution is -2.40. The van der Waals surface area contributed by atoms with Gasteiger partial charge in [-0.15, -0.1) is 0 Å². The molecule has 0 spiro atoms. The molecule has 0 saturated carbocycles. The average Bonchev–Trinajstić information content (AvgIpc) is 2.77. The van der Waals surface area contributed by atoms with Gasteiger partial charge in [0.2, 0.25) is 5.91 Å². The van der Waals surface area contributed by atoms with Crippen LogP contribution >= 0.6 is 0 Å². The molecular formula is C24H17FN2O3S. The highest BCUT2D eigenvalue weighted by atomic mass is 32.2. The Morgan fingerprint density at radius 2 is 1.61 bits per heavy atom. The zero-order chi connectivity index (χ0) is 21.6. The van der Waals surface area contributed by atoms with Gasteiger partial charge in [-0.2, -0.15) is 0 Å². The molecule has 1 heterocycles. The summed E-state index contributed by atoms with van der Waals surface area (Å²) in [5.74, 6) is -0.970. The number of benzene rings is 4. The minimum Gasteiger partial charge on any atom is -0.324 e. The van der Waals surface area contributed by atoms with Crippen molar-refractivity contribution in [1.29, 1.82) is 0 Å². The first-order valence-electron chi connectivity index (χ1n) is 9.64. The molecule has 0 radical (unpaired) electrons. The second-order valence-electron chi connectivity index (χ2n) is 7.24. The number of sulfonamides is 1. The van der Waals surface area contributed by atoms with Crippen LogP contribution in [-0.2, 0) is 14.8 Å². The van der Waals surface area contributed by atoms with E-state index in [4.69, 9.17) is 0 Å². The van der Waals surface area contributed by atoms with Crippen molar-refractivity contribution in [3.63, 3.8) is 0 Å². The molecule has 0 fully saturated rings. The van der Waals surface area contributed by atoms with Crippen molar-refractivity contribution in [2.24, 2.45) is 0 Å². The molecule has 0 unspecified atom stereocenters. The molecule has 0 aromatic heterocycles. The maximum absolute atomic E-state index is 14.0. The quantitative estimate of drug-likeness (QED) is 0.506. The third-order valence-electron chi connectivity index (χ3n) is 5.32. The van der Waals surface area contributed by atoms with Crippen LogP contribution in [0.2, 0.25) is 0 Å². The van der Waals surface area contributed by atoms with Crippen LogP contribution in [0.5, 0.6) is 0 Å². The highest BCUT2D eigenvalue weighted by Gasteiger charge is 2.36. The monoisotopic (exact) mass is 432 g/mol. The van der Waals surface area contributed by atoms with Gasteiger partial charge in [-0.05, 0) is 35.7 Å². The van der Waals surface area contributed by atoms with E-state index in [1.165, 1.54) is 24.3 Å². The summed E-state index contributed by atoms with van der Waals surface area (Å²) < 4.78 is 41.6. The molecule has 0 aliphatic carbocycles. The zero-order valence-corrected chi connectivity index (χ0v) is 17.1. The Kier molecular flexibility index (Phi) is 4.48. The molecule has 5 rings (SSSR count). The fourth-order valence-corrected chi connectivity index (χ4v) is 5.58. The summed E-state index contributed by atoms with van der Waals surface area (Å²) >= 11 is 0. The van der Waals surface area contributed by atoms with Gasteiger partial charge in [-0.3, -0.25) is 9.10 Å². The smallest absolute Gasteiger partial charge is 0.265 e. The van der Waals surface area contributed by atoms with Crippen molar-refractivity contribution >= 4 is 38.1 Å². The summed E-state index contributed by atoms with van der Waals surface area (Å²) in [5.41, 5.74) is 1.72. The van der Waals surface area contributed by atoms with Crippen LogP contribution in [0.1, 0.15) is 0 Å². The second-order valence-corrected chi connectivity index (χ2v) is 9.07. The number of halogens is 1. The van der Waals surface area contributed by atoms with Gasteiger partial charge in [0.05, 0.1) is 10.6 Å². The molecule has 1 amide bonds. The van der Waals surface area contributed by atoms with Gasteiger partial charge in [0.1, 0.15) is 12.4 Å². The lowest BCUT2D eigenvalue weighted by atomic mass is 10.0. The van der Waals surface area contributed by atoms with E-state index in [9.17, 15) is 17.6 Å². The summed E-state index contributed by atoms with van der Waals surface area (Å²) in [6.45, 7) is -0.432. The molecule has 4 aromatic rings. The summed E-state index contributed by atoms with van der Waals surface area (Å²) in [6.07, 6.45) is 0. The van der Waals surface area contributed by atoms with Crippen LogP contribution in [0.15, 0.2) is 89.8 Å². The van der Waals surface area contributed by atoms with Crippen molar-refractivity contribution in [3.8, 4) is 11.1 Å².